The quantitative estimate of drug-likeness (QED) is 0.134. The van der Waals surface area contributed by atoms with E-state index in [1.807, 2.05) is 60.7 Å². The fraction of sp³-hybridized carbons (Fsp3) is 0.289. The maximum Gasteiger partial charge on any atom is 0.262 e. The summed E-state index contributed by atoms with van der Waals surface area (Å²) in [6, 6.07) is 19.1. The predicted molar refractivity (Wildman–Crippen MR) is 200 cm³/mol. The molecule has 2 amide bonds. The molecule has 1 atom stereocenters. The molecule has 0 bridgehead atoms. The van der Waals surface area contributed by atoms with E-state index in [1.165, 1.54) is 10.6 Å². The Hall–Kier alpha value is -4.81. The summed E-state index contributed by atoms with van der Waals surface area (Å²) in [6.45, 7) is 4.87. The van der Waals surface area contributed by atoms with Gasteiger partial charge >= 0.3 is 0 Å². The molecule has 4 N–H and O–H groups in total. The Morgan fingerprint density at radius 1 is 0.980 bits per heavy atom. The number of methoxy groups -OCH3 is 1. The Kier molecular flexibility index (Phi) is 10.7. The van der Waals surface area contributed by atoms with E-state index < -0.39 is 5.54 Å². The average molecular weight is 729 g/mol. The first-order chi connectivity index (χ1) is 24.5. The van der Waals surface area contributed by atoms with Gasteiger partial charge in [-0.2, -0.15) is 0 Å². The summed E-state index contributed by atoms with van der Waals surface area (Å²) < 4.78 is 7.11. The van der Waals surface area contributed by atoms with Crippen LogP contribution < -0.4 is 31.6 Å². The Bertz CT molecular complexity index is 2190. The molecule has 264 valence electrons. The van der Waals surface area contributed by atoms with Gasteiger partial charge in [-0.05, 0) is 44.0 Å². The highest BCUT2D eigenvalue weighted by Gasteiger charge is 2.26. The summed E-state index contributed by atoms with van der Waals surface area (Å²) in [5, 5.41) is 13.1. The van der Waals surface area contributed by atoms with Crippen LogP contribution in [0.15, 0.2) is 77.9 Å². The zero-order chi connectivity index (χ0) is 36.3. The molecule has 0 radical (unpaired) electrons. The second-order valence-corrected chi connectivity index (χ2v) is 13.7. The minimum Gasteiger partial charge on any atom is -0.481 e. The van der Waals surface area contributed by atoms with Gasteiger partial charge in [-0.1, -0.05) is 65.7 Å². The first kappa shape index (κ1) is 36.0. The fourth-order valence-electron chi connectivity index (χ4n) is 6.15. The van der Waals surface area contributed by atoms with Crippen molar-refractivity contribution in [3.63, 3.8) is 0 Å². The van der Waals surface area contributed by atoms with Crippen LogP contribution in [0.25, 0.3) is 39.2 Å². The van der Waals surface area contributed by atoms with Crippen LogP contribution in [0, 0.1) is 0 Å². The molecular weight excluding hydrogens is 689 g/mol. The lowest BCUT2D eigenvalue weighted by Crippen LogP contribution is -2.51. The third-order valence-corrected chi connectivity index (χ3v) is 9.91. The molecule has 1 saturated heterocycles. The molecule has 1 aliphatic heterocycles. The number of carbonyl (C=O) groups excluding carboxylic acids is 2. The van der Waals surface area contributed by atoms with E-state index in [0.717, 1.165) is 39.8 Å². The van der Waals surface area contributed by atoms with E-state index in [4.69, 9.17) is 32.9 Å². The van der Waals surface area contributed by atoms with Gasteiger partial charge in [0.2, 0.25) is 17.7 Å². The van der Waals surface area contributed by atoms with E-state index in [2.05, 4.69) is 26.3 Å². The van der Waals surface area contributed by atoms with Crippen molar-refractivity contribution in [1.29, 1.82) is 0 Å². The molecule has 0 spiro atoms. The summed E-state index contributed by atoms with van der Waals surface area (Å²) in [5.74, 6) is 0.389. The van der Waals surface area contributed by atoms with Crippen molar-refractivity contribution in [2.45, 2.75) is 51.4 Å². The van der Waals surface area contributed by atoms with Gasteiger partial charge in [0, 0.05) is 79.4 Å². The van der Waals surface area contributed by atoms with Crippen LogP contribution in [0.4, 0.5) is 0 Å². The van der Waals surface area contributed by atoms with Crippen LogP contribution in [0.1, 0.15) is 37.8 Å². The number of benzene rings is 2. The summed E-state index contributed by atoms with van der Waals surface area (Å²) in [5.41, 5.74) is 5.04. The van der Waals surface area contributed by atoms with Gasteiger partial charge < -0.3 is 20.7 Å². The highest BCUT2D eigenvalue weighted by atomic mass is 35.5. The summed E-state index contributed by atoms with van der Waals surface area (Å²) in [7, 11) is 3.16. The largest absolute Gasteiger partial charge is 0.481 e. The van der Waals surface area contributed by atoms with E-state index in [1.54, 1.807) is 34.2 Å². The Morgan fingerprint density at radius 2 is 1.69 bits per heavy atom. The van der Waals surface area contributed by atoms with Gasteiger partial charge in [-0.25, -0.2) is 9.97 Å². The molecule has 4 heterocycles. The predicted octanol–water partition coefficient (Wildman–Crippen LogP) is 5.39. The number of likely N-dealkylation sites (N-methyl/N-ethyl adjacent to an activating group) is 1. The number of nitrogens with zero attached hydrogens (tertiary/aromatic N) is 3. The van der Waals surface area contributed by atoms with Gasteiger partial charge in [-0.15, -0.1) is 0 Å². The number of fused-ring (bicyclic) bond motifs is 1. The maximum atomic E-state index is 13.3. The smallest absolute Gasteiger partial charge is 0.262 e. The van der Waals surface area contributed by atoms with Gasteiger partial charge in [0.25, 0.3) is 5.56 Å². The van der Waals surface area contributed by atoms with Gasteiger partial charge in [0.1, 0.15) is 5.65 Å². The third-order valence-electron chi connectivity index (χ3n) is 9.09. The zero-order valence-electron chi connectivity index (χ0n) is 28.8. The van der Waals surface area contributed by atoms with Crippen LogP contribution in [0.5, 0.6) is 5.88 Å². The van der Waals surface area contributed by atoms with Crippen LogP contribution in [-0.4, -0.2) is 58.5 Å². The van der Waals surface area contributed by atoms with Crippen molar-refractivity contribution < 1.29 is 14.3 Å². The standard InChI is InChI=1S/C38H39Cl2N7O4/c1-38(2,37(50)41-3)44-20-24-19-43-31-17-22(15-16-47(31)36(24)49)26-7-5-8-27(33(26)39)28-9-6-10-29(34(28)40)30-13-11-23(35(46-30)51-4)18-42-21-25-12-14-32(48)45-25/h5-11,13,15-17,19,25,42,44H,12,14,18,20-21H2,1-4H3,(H,41,50)(H,45,48)/t25-/m1/s1. The summed E-state index contributed by atoms with van der Waals surface area (Å²) >= 11 is 14.2. The van der Waals surface area contributed by atoms with Crippen molar-refractivity contribution in [2.75, 3.05) is 20.7 Å². The molecule has 2 aromatic carbocycles. The molecule has 13 heteroatoms. The second kappa shape index (κ2) is 15.2. The minimum absolute atomic E-state index is 0.0890. The number of hydrogen-bond donors (Lipinski definition) is 4. The molecule has 0 aliphatic carbocycles. The number of halogens is 2. The van der Waals surface area contributed by atoms with Crippen LogP contribution in [-0.2, 0) is 22.7 Å². The number of rotatable bonds is 12. The summed E-state index contributed by atoms with van der Waals surface area (Å²) in [4.78, 5) is 46.3. The van der Waals surface area contributed by atoms with Crippen molar-refractivity contribution >= 4 is 40.7 Å². The molecule has 6 rings (SSSR count). The highest BCUT2D eigenvalue weighted by Crippen LogP contribution is 2.42. The Morgan fingerprint density at radius 3 is 2.37 bits per heavy atom. The fourth-order valence-corrected chi connectivity index (χ4v) is 6.82. The number of pyridine rings is 2. The lowest BCUT2D eigenvalue weighted by molar-refractivity contribution is -0.126. The van der Waals surface area contributed by atoms with E-state index in [9.17, 15) is 14.4 Å². The van der Waals surface area contributed by atoms with Crippen molar-refractivity contribution in [3.8, 4) is 39.4 Å². The molecule has 11 nitrogen and oxygen atoms in total. The van der Waals surface area contributed by atoms with Crippen LogP contribution in [0.3, 0.4) is 0 Å². The molecule has 1 aliphatic rings. The molecule has 0 unspecified atom stereocenters. The minimum atomic E-state index is -0.863. The van der Waals surface area contributed by atoms with E-state index in [0.29, 0.717) is 52.3 Å². The van der Waals surface area contributed by atoms with Crippen LogP contribution in [0.2, 0.25) is 10.0 Å². The van der Waals surface area contributed by atoms with Gasteiger partial charge in [-0.3, -0.25) is 24.1 Å². The molecule has 51 heavy (non-hydrogen) atoms. The average Bonchev–Trinajstić information content (AvgIpc) is 3.55. The van der Waals surface area contributed by atoms with E-state index in [-0.39, 0.29) is 30.0 Å². The Labute approximate surface area is 305 Å². The number of hydrogen-bond acceptors (Lipinski definition) is 8. The Balaban J connectivity index is 1.25. The zero-order valence-corrected chi connectivity index (χ0v) is 30.3. The first-order valence-electron chi connectivity index (χ1n) is 16.6. The number of aromatic nitrogens is 3. The summed E-state index contributed by atoms with van der Waals surface area (Å²) in [6.07, 6.45) is 4.59. The van der Waals surface area contributed by atoms with E-state index >= 15 is 0 Å². The molecular formula is C38H39Cl2N7O4. The van der Waals surface area contributed by atoms with Crippen molar-refractivity contribution in [2.24, 2.45) is 0 Å². The second-order valence-electron chi connectivity index (χ2n) is 12.9. The van der Waals surface area contributed by atoms with Crippen molar-refractivity contribution in [3.05, 3.63) is 105 Å². The van der Waals surface area contributed by atoms with Crippen molar-refractivity contribution in [1.82, 2.24) is 35.6 Å². The maximum absolute atomic E-state index is 13.3. The number of ether oxygens (including phenoxy) is 1. The topological polar surface area (TPSA) is 139 Å². The number of amides is 2. The lowest BCUT2D eigenvalue weighted by Gasteiger charge is -2.24. The monoisotopic (exact) mass is 727 g/mol. The third kappa shape index (κ3) is 7.62. The van der Waals surface area contributed by atoms with Gasteiger partial charge in [0.15, 0.2) is 0 Å². The normalized spacial score (nSPS) is 14.5. The lowest BCUT2D eigenvalue weighted by atomic mass is 9.97. The number of carbonyl (C=O) groups is 2. The highest BCUT2D eigenvalue weighted by molar-refractivity contribution is 6.39. The molecule has 0 saturated carbocycles. The first-order valence-corrected chi connectivity index (χ1v) is 17.4. The molecule has 3 aromatic heterocycles. The molecule has 5 aromatic rings. The van der Waals surface area contributed by atoms with Crippen LogP contribution >= 0.6 is 23.2 Å². The number of nitrogens with one attached hydrogen (secondary N) is 4. The molecule has 1 fully saturated rings. The van der Waals surface area contributed by atoms with Gasteiger partial charge in [0.05, 0.1) is 34.0 Å². The SMILES string of the molecule is CNC(=O)C(C)(C)NCc1cnc2cc(-c3cccc(-c4cccc(-c5ccc(CNC[C@H]6CCC(=O)N6)c(OC)n5)c4Cl)c3Cl)ccn2c1=O.